The second kappa shape index (κ2) is 13.7. The van der Waals surface area contributed by atoms with Crippen molar-refractivity contribution in [2.24, 2.45) is 23.7 Å². The highest BCUT2D eigenvalue weighted by atomic mass is 32.2. The van der Waals surface area contributed by atoms with Crippen molar-refractivity contribution in [3.63, 3.8) is 0 Å². The summed E-state index contributed by atoms with van der Waals surface area (Å²) < 4.78 is 60.2. The van der Waals surface area contributed by atoms with Crippen LogP contribution in [0.1, 0.15) is 90.9 Å². The lowest BCUT2D eigenvalue weighted by Gasteiger charge is -2.17. The van der Waals surface area contributed by atoms with Crippen LogP contribution in [0.4, 0.5) is 0 Å². The predicted molar refractivity (Wildman–Crippen MR) is 140 cm³/mol. The minimum Gasteiger partial charge on any atom is -0.298 e. The van der Waals surface area contributed by atoms with E-state index in [1.165, 1.54) is 0 Å². The van der Waals surface area contributed by atoms with Gasteiger partial charge in [0.05, 0.1) is 23.3 Å². The smallest absolute Gasteiger partial charge is 0.298 e. The van der Waals surface area contributed by atoms with Crippen molar-refractivity contribution in [1.29, 1.82) is 0 Å². The average molecular weight is 594 g/mol. The van der Waals surface area contributed by atoms with Gasteiger partial charge in [-0.15, -0.1) is 9.35 Å². The van der Waals surface area contributed by atoms with Gasteiger partial charge in [-0.3, -0.25) is 14.4 Å². The van der Waals surface area contributed by atoms with E-state index in [4.69, 9.17) is 8.47 Å². The lowest BCUT2D eigenvalue weighted by atomic mass is 9.90. The summed E-state index contributed by atoms with van der Waals surface area (Å²) in [6.45, 7) is 3.74. The van der Waals surface area contributed by atoms with Gasteiger partial charge in [-0.1, -0.05) is 78.1 Å². The summed E-state index contributed by atoms with van der Waals surface area (Å²) in [5.74, 6) is -8.72. The number of nitroso groups, excluding NO2 is 1. The Morgan fingerprint density at radius 1 is 0.744 bits per heavy atom. The van der Waals surface area contributed by atoms with Crippen LogP contribution in [0.15, 0.2) is 0 Å². The van der Waals surface area contributed by atoms with Crippen LogP contribution in [-0.2, 0) is 43.1 Å². The summed E-state index contributed by atoms with van der Waals surface area (Å²) in [7, 11) is -8.39. The van der Waals surface area contributed by atoms with Gasteiger partial charge in [0.15, 0.2) is 12.3 Å². The molecule has 3 aliphatic rings. The molecule has 5 unspecified atom stereocenters. The van der Waals surface area contributed by atoms with E-state index in [-0.39, 0.29) is 16.6 Å². The minimum atomic E-state index is -4.26. The van der Waals surface area contributed by atoms with Crippen molar-refractivity contribution in [2.45, 2.75) is 97.1 Å². The van der Waals surface area contributed by atoms with E-state index in [1.54, 1.807) is 0 Å². The second-order valence-electron chi connectivity index (χ2n) is 10.8. The molecule has 39 heavy (non-hydrogen) atoms. The molecule has 2 saturated heterocycles. The monoisotopic (exact) mass is 593 g/mol. The fourth-order valence-corrected chi connectivity index (χ4v) is 7.93. The molecule has 14 heteroatoms. The van der Waals surface area contributed by atoms with Crippen LogP contribution in [0.2, 0.25) is 0 Å². The maximum absolute atomic E-state index is 13.2. The fraction of sp³-hybridized carbons (Fsp3) is 0.880. The SMILES string of the molecule is CCCCCCCCS(=O)(=O)OC1C2C(=O)C3C(=O)N(OS(=O)(=O)CCCCCCCC)C(=O)C3C2C[N+]1=O. The molecule has 2 aliphatic heterocycles. The summed E-state index contributed by atoms with van der Waals surface area (Å²) in [6, 6.07) is 0. The third-order valence-corrected chi connectivity index (χ3v) is 10.2. The van der Waals surface area contributed by atoms with Crippen LogP contribution in [-0.4, -0.2) is 68.5 Å². The zero-order chi connectivity index (χ0) is 28.8. The molecule has 12 nitrogen and oxygen atoms in total. The number of imide groups is 1. The van der Waals surface area contributed by atoms with Gasteiger partial charge in [0.1, 0.15) is 11.8 Å². The molecule has 0 aromatic rings. The molecule has 0 aromatic carbocycles. The van der Waals surface area contributed by atoms with Crippen LogP contribution in [0.25, 0.3) is 0 Å². The molecule has 1 saturated carbocycles. The molecule has 3 rings (SSSR count). The molecule has 2 heterocycles. The van der Waals surface area contributed by atoms with Gasteiger partial charge in [0.2, 0.25) is 0 Å². The van der Waals surface area contributed by atoms with E-state index in [9.17, 15) is 36.1 Å². The molecular formula is C25H41N2O10S2+. The highest BCUT2D eigenvalue weighted by molar-refractivity contribution is 7.86. The first kappa shape index (κ1) is 31.8. The number of carbonyl (C=O) groups is 3. The topological polar surface area (TPSA) is 161 Å². The molecule has 222 valence electrons. The normalized spacial score (nSPS) is 27.0. The average Bonchev–Trinajstić information content (AvgIpc) is 3.42. The van der Waals surface area contributed by atoms with Crippen molar-refractivity contribution in [2.75, 3.05) is 18.1 Å². The summed E-state index contributed by atoms with van der Waals surface area (Å²) in [5.41, 5.74) is 0. The largest absolute Gasteiger partial charge is 0.329 e. The Bertz CT molecular complexity index is 1140. The van der Waals surface area contributed by atoms with Crippen LogP contribution in [0.5, 0.6) is 0 Å². The Kier molecular flexibility index (Phi) is 11.2. The van der Waals surface area contributed by atoms with Crippen molar-refractivity contribution in [3.8, 4) is 0 Å². The molecule has 0 bridgehead atoms. The van der Waals surface area contributed by atoms with Crippen LogP contribution in [0, 0.1) is 28.6 Å². The second-order valence-corrected chi connectivity index (χ2v) is 14.2. The number of unbranched alkanes of at least 4 members (excludes halogenated alkanes) is 10. The Morgan fingerprint density at radius 2 is 1.26 bits per heavy atom. The first-order valence-corrected chi connectivity index (χ1v) is 17.3. The third-order valence-electron chi connectivity index (χ3n) is 7.78. The number of hydrogen-bond acceptors (Lipinski definition) is 10. The van der Waals surface area contributed by atoms with Gasteiger partial charge in [-0.25, -0.2) is 0 Å². The summed E-state index contributed by atoms with van der Waals surface area (Å²) in [5, 5.41) is 0.133. The van der Waals surface area contributed by atoms with E-state index in [0.717, 1.165) is 51.4 Å². The Morgan fingerprint density at radius 3 is 1.82 bits per heavy atom. The number of rotatable bonds is 18. The zero-order valence-corrected chi connectivity index (χ0v) is 24.4. The number of Topliss-reactive ketones (excluding diaryl/α,β-unsaturated/α-hetero) is 1. The molecule has 0 N–H and O–H groups in total. The number of fused-ring (bicyclic) bond motifs is 3. The molecule has 1 aliphatic carbocycles. The first-order valence-electron chi connectivity index (χ1n) is 14.1. The Balaban J connectivity index is 1.59. The quantitative estimate of drug-likeness (QED) is 0.0759. The molecule has 0 aromatic heterocycles. The van der Waals surface area contributed by atoms with Gasteiger partial charge < -0.3 is 0 Å². The molecular weight excluding hydrogens is 552 g/mol. The third kappa shape index (κ3) is 7.70. The van der Waals surface area contributed by atoms with Gasteiger partial charge >= 0.3 is 6.23 Å². The van der Waals surface area contributed by atoms with Gasteiger partial charge in [0, 0.05) is 9.67 Å². The number of nitrogens with zero attached hydrogens (tertiary/aromatic N) is 2. The summed E-state index contributed by atoms with van der Waals surface area (Å²) in [6.07, 6.45) is 8.27. The first-order chi connectivity index (χ1) is 18.4. The fourth-order valence-electron chi connectivity index (χ4n) is 5.76. The standard InChI is InChI=1S/C25H41N2O10S2/c1-3-5-7-9-11-13-15-38(32,33)36-25-20-18(17-26(25)31)19-21(22(20)28)24(30)27(23(19)29)37-39(34,35)16-14-12-10-8-6-4-2/h18-21,25H,3-17H2,1-2H3/q+1. The number of ketones is 1. The van der Waals surface area contributed by atoms with Gasteiger partial charge in [-0.2, -0.15) is 21.0 Å². The molecule has 3 fully saturated rings. The van der Waals surface area contributed by atoms with E-state index >= 15 is 0 Å². The van der Waals surface area contributed by atoms with Crippen LogP contribution in [0.3, 0.4) is 0 Å². The Labute approximate surface area is 230 Å². The van der Waals surface area contributed by atoms with E-state index in [2.05, 4.69) is 13.8 Å². The lowest BCUT2D eigenvalue weighted by molar-refractivity contribution is -0.603. The Hall–Kier alpha value is -1.77. The summed E-state index contributed by atoms with van der Waals surface area (Å²) in [4.78, 5) is 51.8. The number of amides is 2. The molecule has 0 radical (unpaired) electrons. The summed E-state index contributed by atoms with van der Waals surface area (Å²) >= 11 is 0. The van der Waals surface area contributed by atoms with Crippen LogP contribution < -0.4 is 0 Å². The molecule has 0 spiro atoms. The van der Waals surface area contributed by atoms with E-state index < -0.39 is 74.3 Å². The van der Waals surface area contributed by atoms with Crippen LogP contribution >= 0.6 is 0 Å². The number of hydroxylamine groups is 2. The van der Waals surface area contributed by atoms with Gasteiger partial charge in [0.25, 0.3) is 32.1 Å². The molecule has 5 atom stereocenters. The van der Waals surface area contributed by atoms with E-state index in [1.807, 2.05) is 0 Å². The highest BCUT2D eigenvalue weighted by Crippen LogP contribution is 2.50. The van der Waals surface area contributed by atoms with E-state index in [0.29, 0.717) is 30.4 Å². The van der Waals surface area contributed by atoms with Crippen molar-refractivity contribution < 1.29 is 44.4 Å². The predicted octanol–water partition coefficient (Wildman–Crippen LogP) is 2.85. The lowest BCUT2D eigenvalue weighted by Crippen LogP contribution is -2.40. The minimum absolute atomic E-state index is 0.133. The zero-order valence-electron chi connectivity index (χ0n) is 22.8. The highest BCUT2D eigenvalue weighted by Gasteiger charge is 2.73. The molecule has 2 amide bonds. The number of hydrogen-bond donors (Lipinski definition) is 0. The van der Waals surface area contributed by atoms with Crippen molar-refractivity contribution in [3.05, 3.63) is 4.91 Å². The van der Waals surface area contributed by atoms with Gasteiger partial charge in [-0.05, 0) is 12.8 Å². The maximum atomic E-state index is 13.2. The van der Waals surface area contributed by atoms with Crippen molar-refractivity contribution >= 4 is 37.8 Å². The number of carbonyl (C=O) groups excluding carboxylic acids is 3. The maximum Gasteiger partial charge on any atom is 0.329 e. The van der Waals surface area contributed by atoms with Crippen molar-refractivity contribution in [1.82, 2.24) is 5.06 Å².